The highest BCUT2D eigenvalue weighted by atomic mass is 15.2. The Morgan fingerprint density at radius 3 is 2.00 bits per heavy atom. The molecule has 7 rings (SSSR count). The van der Waals surface area contributed by atoms with Gasteiger partial charge < -0.3 is 9.80 Å². The lowest BCUT2D eigenvalue weighted by atomic mass is 9.93. The normalized spacial score (nSPS) is 16.1. The predicted octanol–water partition coefficient (Wildman–Crippen LogP) is 12.6. The molecule has 0 spiro atoms. The van der Waals surface area contributed by atoms with Crippen LogP contribution in [0.2, 0.25) is 0 Å². The summed E-state index contributed by atoms with van der Waals surface area (Å²) in [6.07, 6.45) is 20.2. The van der Waals surface area contributed by atoms with E-state index in [1.165, 1.54) is 44.4 Å². The summed E-state index contributed by atoms with van der Waals surface area (Å²) in [4.78, 5) is 4.89. The molecule has 0 amide bonds. The molecular weight excluding hydrogens is 569 g/mol. The lowest BCUT2D eigenvalue weighted by Crippen LogP contribution is -2.34. The number of benzene rings is 5. The lowest BCUT2D eigenvalue weighted by molar-refractivity contribution is 0.713. The molecule has 5 aromatic rings. The second-order valence-electron chi connectivity index (χ2n) is 12.4. The van der Waals surface area contributed by atoms with E-state index in [2.05, 4.69) is 188 Å². The standard InChI is InChI=1S/C45H42N2/c1-3-4-13-35-20-30-44(32-34(35)2)46(40-16-7-5-8-17-40)42-26-21-37(22-27-42)38-23-28-43(29-24-38)47(41-18-9-6-10-19-41)45-31-25-36-14-11-12-15-39(36)33-45/h4-16,18-19,21-29,31-33,40H,3,17,20,30H2,1-2H3/b13-4-. The molecule has 232 valence electrons. The molecule has 0 radical (unpaired) electrons. The van der Waals surface area contributed by atoms with E-state index in [4.69, 9.17) is 0 Å². The Balaban J connectivity index is 1.18. The Bertz CT molecular complexity index is 1990. The van der Waals surface area contributed by atoms with Gasteiger partial charge in [-0.25, -0.2) is 0 Å². The van der Waals surface area contributed by atoms with E-state index in [1.807, 2.05) is 0 Å². The fourth-order valence-electron chi connectivity index (χ4n) is 6.83. The Kier molecular flexibility index (Phi) is 9.01. The van der Waals surface area contributed by atoms with Gasteiger partial charge in [-0.2, -0.15) is 0 Å². The van der Waals surface area contributed by atoms with Gasteiger partial charge in [0, 0.05) is 28.4 Å². The Labute approximate surface area is 280 Å². The average molecular weight is 611 g/mol. The van der Waals surface area contributed by atoms with Crippen LogP contribution >= 0.6 is 0 Å². The molecule has 1 atom stereocenters. The van der Waals surface area contributed by atoms with E-state index in [0.29, 0.717) is 6.04 Å². The molecule has 0 aromatic heterocycles. The summed E-state index contributed by atoms with van der Waals surface area (Å²) >= 11 is 0. The monoisotopic (exact) mass is 610 g/mol. The molecule has 2 aliphatic rings. The maximum atomic E-state index is 2.55. The second kappa shape index (κ2) is 14.0. The first-order chi connectivity index (χ1) is 23.2. The first kappa shape index (κ1) is 30.3. The zero-order valence-corrected chi connectivity index (χ0v) is 27.4. The molecule has 0 saturated heterocycles. The van der Waals surface area contributed by atoms with Gasteiger partial charge in [-0.3, -0.25) is 0 Å². The average Bonchev–Trinajstić information content (AvgIpc) is 3.13. The lowest BCUT2D eigenvalue weighted by Gasteiger charge is -2.36. The topological polar surface area (TPSA) is 6.48 Å². The number of para-hydroxylation sites is 1. The number of anilines is 4. The van der Waals surface area contributed by atoms with Crippen molar-refractivity contribution in [3.05, 3.63) is 181 Å². The molecule has 2 nitrogen and oxygen atoms in total. The summed E-state index contributed by atoms with van der Waals surface area (Å²) in [5.74, 6) is 0. The predicted molar refractivity (Wildman–Crippen MR) is 203 cm³/mol. The third kappa shape index (κ3) is 6.64. The van der Waals surface area contributed by atoms with E-state index in [-0.39, 0.29) is 0 Å². The first-order valence-electron chi connectivity index (χ1n) is 16.9. The SMILES string of the molecule is CC/C=C\C1=C(C)C=C(N(c2ccc(-c3ccc(N(c4ccccc4)c4ccc5ccccc5c4)cc3)cc2)C2C=CC=CC2)CC1. The quantitative estimate of drug-likeness (QED) is 0.164. The Morgan fingerprint density at radius 2 is 1.32 bits per heavy atom. The molecule has 0 heterocycles. The fourth-order valence-corrected chi connectivity index (χ4v) is 6.83. The summed E-state index contributed by atoms with van der Waals surface area (Å²) in [5, 5.41) is 2.48. The van der Waals surface area contributed by atoms with Gasteiger partial charge in [0.2, 0.25) is 0 Å². The van der Waals surface area contributed by atoms with E-state index >= 15 is 0 Å². The van der Waals surface area contributed by atoms with E-state index in [9.17, 15) is 0 Å². The Morgan fingerprint density at radius 1 is 0.660 bits per heavy atom. The van der Waals surface area contributed by atoms with Crippen molar-refractivity contribution < 1.29 is 0 Å². The Hall–Kier alpha value is -5.34. The van der Waals surface area contributed by atoms with Crippen molar-refractivity contribution >= 4 is 33.5 Å². The van der Waals surface area contributed by atoms with Crippen LogP contribution in [0.1, 0.15) is 39.5 Å². The van der Waals surface area contributed by atoms with Crippen LogP contribution in [0.3, 0.4) is 0 Å². The largest absolute Gasteiger partial charge is 0.338 e. The van der Waals surface area contributed by atoms with Crippen molar-refractivity contribution in [1.29, 1.82) is 0 Å². The van der Waals surface area contributed by atoms with Gasteiger partial charge in [-0.05, 0) is 120 Å². The van der Waals surface area contributed by atoms with E-state index < -0.39 is 0 Å². The van der Waals surface area contributed by atoms with Crippen LogP contribution in [-0.4, -0.2) is 6.04 Å². The van der Waals surface area contributed by atoms with Crippen molar-refractivity contribution in [2.75, 3.05) is 9.80 Å². The highest BCUT2D eigenvalue weighted by Gasteiger charge is 2.23. The van der Waals surface area contributed by atoms with Crippen molar-refractivity contribution in [2.45, 2.75) is 45.6 Å². The molecule has 0 N–H and O–H groups in total. The molecule has 2 heteroatoms. The van der Waals surface area contributed by atoms with Crippen molar-refractivity contribution in [1.82, 2.24) is 0 Å². The zero-order valence-electron chi connectivity index (χ0n) is 27.4. The third-order valence-electron chi connectivity index (χ3n) is 9.30. The van der Waals surface area contributed by atoms with Gasteiger partial charge in [0.15, 0.2) is 0 Å². The number of nitrogens with zero attached hydrogens (tertiary/aromatic N) is 2. The maximum absolute atomic E-state index is 2.55. The van der Waals surface area contributed by atoms with Crippen LogP contribution in [0.5, 0.6) is 0 Å². The van der Waals surface area contributed by atoms with Crippen LogP contribution in [0.15, 0.2) is 181 Å². The van der Waals surface area contributed by atoms with Crippen molar-refractivity contribution in [2.24, 2.45) is 0 Å². The van der Waals surface area contributed by atoms with Gasteiger partial charge in [0.1, 0.15) is 0 Å². The molecule has 1 unspecified atom stereocenters. The summed E-state index contributed by atoms with van der Waals surface area (Å²) in [7, 11) is 0. The van der Waals surface area contributed by atoms with Crippen LogP contribution < -0.4 is 9.80 Å². The molecule has 0 bridgehead atoms. The minimum Gasteiger partial charge on any atom is -0.338 e. The molecular formula is C45H42N2. The summed E-state index contributed by atoms with van der Waals surface area (Å²) < 4.78 is 0. The van der Waals surface area contributed by atoms with Gasteiger partial charge in [0.05, 0.1) is 6.04 Å². The van der Waals surface area contributed by atoms with Crippen LogP contribution in [0.4, 0.5) is 22.7 Å². The molecule has 0 fully saturated rings. The van der Waals surface area contributed by atoms with Crippen LogP contribution in [0, 0.1) is 0 Å². The molecule has 0 aliphatic heterocycles. The number of fused-ring (bicyclic) bond motifs is 1. The van der Waals surface area contributed by atoms with Gasteiger partial charge in [0.25, 0.3) is 0 Å². The zero-order chi connectivity index (χ0) is 32.0. The maximum Gasteiger partial charge on any atom is 0.0556 e. The molecule has 5 aromatic carbocycles. The highest BCUT2D eigenvalue weighted by Crippen LogP contribution is 2.38. The van der Waals surface area contributed by atoms with Crippen molar-refractivity contribution in [3.8, 4) is 11.1 Å². The second-order valence-corrected chi connectivity index (χ2v) is 12.4. The molecule has 0 saturated carbocycles. The number of hydrogen-bond acceptors (Lipinski definition) is 2. The summed E-state index contributed by atoms with van der Waals surface area (Å²) in [5.41, 5.74) is 11.3. The minimum absolute atomic E-state index is 0.316. The molecule has 47 heavy (non-hydrogen) atoms. The first-order valence-corrected chi connectivity index (χ1v) is 16.9. The van der Waals surface area contributed by atoms with Gasteiger partial charge >= 0.3 is 0 Å². The number of rotatable bonds is 9. The van der Waals surface area contributed by atoms with E-state index in [0.717, 1.165) is 42.7 Å². The number of allylic oxidation sites excluding steroid dienone is 8. The third-order valence-corrected chi connectivity index (χ3v) is 9.30. The summed E-state index contributed by atoms with van der Waals surface area (Å²) in [6.45, 7) is 4.46. The van der Waals surface area contributed by atoms with Crippen LogP contribution in [-0.2, 0) is 0 Å². The van der Waals surface area contributed by atoms with Crippen molar-refractivity contribution in [3.63, 3.8) is 0 Å². The van der Waals surface area contributed by atoms with Gasteiger partial charge in [-0.1, -0.05) is 116 Å². The molecule has 2 aliphatic carbocycles. The summed E-state index contributed by atoms with van der Waals surface area (Å²) in [6, 6.07) is 44.3. The minimum atomic E-state index is 0.316. The van der Waals surface area contributed by atoms with E-state index in [1.54, 1.807) is 0 Å². The highest BCUT2D eigenvalue weighted by molar-refractivity contribution is 5.89. The smallest absolute Gasteiger partial charge is 0.0556 e. The number of hydrogen-bond donors (Lipinski definition) is 0. The van der Waals surface area contributed by atoms with Gasteiger partial charge in [-0.15, -0.1) is 0 Å². The fraction of sp³-hybridized carbons (Fsp3) is 0.156. The van der Waals surface area contributed by atoms with Crippen LogP contribution in [0.25, 0.3) is 21.9 Å².